The summed E-state index contributed by atoms with van der Waals surface area (Å²) in [4.78, 5) is 34.0. The largest absolute Gasteiger partial charge is 0.366 e. The SMILES string of the molecule is CC(C)C(NC(=O)C1CCN(c2ccccc2[N+](=O)[O-])CC1)c1nc2ccccc2[nH]1. The van der Waals surface area contributed by atoms with E-state index < -0.39 is 0 Å². The zero-order chi connectivity index (χ0) is 22.0. The Morgan fingerprint density at radius 3 is 2.52 bits per heavy atom. The molecule has 1 unspecified atom stereocenters. The number of fused-ring (bicyclic) bond motifs is 1. The van der Waals surface area contributed by atoms with Crippen LogP contribution in [0.1, 0.15) is 38.6 Å². The van der Waals surface area contributed by atoms with Crippen molar-refractivity contribution < 1.29 is 9.72 Å². The van der Waals surface area contributed by atoms with Crippen molar-refractivity contribution >= 4 is 28.3 Å². The second-order valence-corrected chi connectivity index (χ2v) is 8.38. The first-order valence-corrected chi connectivity index (χ1v) is 10.7. The fourth-order valence-electron chi connectivity index (χ4n) is 4.21. The minimum absolute atomic E-state index is 0.0152. The number of aromatic nitrogens is 2. The number of hydrogen-bond acceptors (Lipinski definition) is 5. The van der Waals surface area contributed by atoms with Crippen LogP contribution in [0.15, 0.2) is 48.5 Å². The molecule has 0 bridgehead atoms. The number of nitrogens with zero attached hydrogens (tertiary/aromatic N) is 3. The van der Waals surface area contributed by atoms with E-state index in [9.17, 15) is 14.9 Å². The first kappa shape index (κ1) is 20.8. The zero-order valence-corrected chi connectivity index (χ0v) is 17.7. The standard InChI is InChI=1S/C23H27N5O3/c1-15(2)21(22-24-17-7-3-4-8-18(17)25-22)26-23(29)16-11-13-27(14-12-16)19-9-5-6-10-20(19)28(30)31/h3-10,15-16,21H,11-14H2,1-2H3,(H,24,25)(H,26,29). The van der Waals surface area contributed by atoms with E-state index in [1.807, 2.05) is 35.2 Å². The van der Waals surface area contributed by atoms with Crippen LogP contribution in [0.4, 0.5) is 11.4 Å². The topological polar surface area (TPSA) is 104 Å². The van der Waals surface area contributed by atoms with Gasteiger partial charge < -0.3 is 15.2 Å². The first-order valence-electron chi connectivity index (χ1n) is 10.7. The number of carbonyl (C=O) groups excluding carboxylic acids is 1. The molecular weight excluding hydrogens is 394 g/mol. The quantitative estimate of drug-likeness (QED) is 0.458. The highest BCUT2D eigenvalue weighted by molar-refractivity contribution is 5.80. The molecule has 2 heterocycles. The second kappa shape index (κ2) is 8.75. The summed E-state index contributed by atoms with van der Waals surface area (Å²) < 4.78 is 0. The van der Waals surface area contributed by atoms with Crippen LogP contribution in [0.2, 0.25) is 0 Å². The number of rotatable bonds is 6. The maximum absolute atomic E-state index is 13.0. The average Bonchev–Trinajstić information content (AvgIpc) is 3.21. The Bertz CT molecular complexity index is 1050. The number of H-pyrrole nitrogens is 1. The fraction of sp³-hybridized carbons (Fsp3) is 0.391. The van der Waals surface area contributed by atoms with Gasteiger partial charge in [-0.2, -0.15) is 0 Å². The lowest BCUT2D eigenvalue weighted by Crippen LogP contribution is -2.42. The molecule has 1 saturated heterocycles. The van der Waals surface area contributed by atoms with E-state index in [2.05, 4.69) is 29.1 Å². The number of para-hydroxylation sites is 4. The van der Waals surface area contributed by atoms with Gasteiger partial charge in [0.15, 0.2) is 0 Å². The molecule has 1 aliphatic rings. The van der Waals surface area contributed by atoms with Crippen LogP contribution in [0.3, 0.4) is 0 Å². The van der Waals surface area contributed by atoms with Gasteiger partial charge in [-0.05, 0) is 37.0 Å². The summed E-state index contributed by atoms with van der Waals surface area (Å²) in [7, 11) is 0. The summed E-state index contributed by atoms with van der Waals surface area (Å²) >= 11 is 0. The van der Waals surface area contributed by atoms with Gasteiger partial charge in [-0.25, -0.2) is 4.98 Å². The van der Waals surface area contributed by atoms with Crippen molar-refractivity contribution in [2.75, 3.05) is 18.0 Å². The van der Waals surface area contributed by atoms with Gasteiger partial charge in [-0.1, -0.05) is 38.1 Å². The number of nitro groups is 1. The number of anilines is 1. The molecule has 0 spiro atoms. The van der Waals surface area contributed by atoms with Crippen molar-refractivity contribution in [3.8, 4) is 0 Å². The van der Waals surface area contributed by atoms with E-state index in [-0.39, 0.29) is 34.4 Å². The Balaban J connectivity index is 1.42. The van der Waals surface area contributed by atoms with Gasteiger partial charge in [-0.15, -0.1) is 0 Å². The molecule has 2 N–H and O–H groups in total. The van der Waals surface area contributed by atoms with Crippen molar-refractivity contribution in [1.82, 2.24) is 15.3 Å². The van der Waals surface area contributed by atoms with Gasteiger partial charge in [0.05, 0.1) is 22.0 Å². The normalized spacial score (nSPS) is 15.9. The average molecular weight is 422 g/mol. The van der Waals surface area contributed by atoms with E-state index in [1.54, 1.807) is 12.1 Å². The summed E-state index contributed by atoms with van der Waals surface area (Å²) in [6, 6.07) is 14.4. The van der Waals surface area contributed by atoms with E-state index in [0.717, 1.165) is 16.9 Å². The molecule has 2 aromatic carbocycles. The molecule has 31 heavy (non-hydrogen) atoms. The van der Waals surface area contributed by atoms with Crippen LogP contribution >= 0.6 is 0 Å². The molecule has 0 aliphatic carbocycles. The number of nitrogens with one attached hydrogen (secondary N) is 2. The number of nitro benzene ring substituents is 1. The Morgan fingerprint density at radius 1 is 1.16 bits per heavy atom. The predicted octanol–water partition coefficient (Wildman–Crippen LogP) is 4.20. The monoisotopic (exact) mass is 421 g/mol. The van der Waals surface area contributed by atoms with Gasteiger partial charge in [0.25, 0.3) is 5.69 Å². The summed E-state index contributed by atoms with van der Waals surface area (Å²) in [5.41, 5.74) is 2.56. The first-order chi connectivity index (χ1) is 14.9. The van der Waals surface area contributed by atoms with Crippen molar-refractivity contribution in [3.63, 3.8) is 0 Å². The van der Waals surface area contributed by atoms with Gasteiger partial charge in [0.1, 0.15) is 11.5 Å². The third-order valence-corrected chi connectivity index (χ3v) is 5.95. The van der Waals surface area contributed by atoms with Crippen molar-refractivity contribution in [1.29, 1.82) is 0 Å². The van der Waals surface area contributed by atoms with Gasteiger partial charge in [0, 0.05) is 25.1 Å². The third kappa shape index (κ3) is 4.38. The lowest BCUT2D eigenvalue weighted by atomic mass is 9.94. The highest BCUT2D eigenvalue weighted by Crippen LogP contribution is 2.31. The van der Waals surface area contributed by atoms with Crippen LogP contribution in [0.5, 0.6) is 0 Å². The number of aromatic amines is 1. The summed E-state index contributed by atoms with van der Waals surface area (Å²) in [5, 5.41) is 14.5. The molecule has 4 rings (SSSR count). The van der Waals surface area contributed by atoms with Gasteiger partial charge in [0.2, 0.25) is 5.91 Å². The minimum atomic E-state index is -0.352. The molecule has 1 aliphatic heterocycles. The molecule has 1 fully saturated rings. The molecule has 1 amide bonds. The molecular formula is C23H27N5O3. The van der Waals surface area contributed by atoms with E-state index in [4.69, 9.17) is 0 Å². The number of piperidine rings is 1. The van der Waals surface area contributed by atoms with Crippen LogP contribution in [-0.2, 0) is 4.79 Å². The number of amides is 1. The third-order valence-electron chi connectivity index (χ3n) is 5.95. The second-order valence-electron chi connectivity index (χ2n) is 8.38. The molecule has 3 aromatic rings. The summed E-state index contributed by atoms with van der Waals surface area (Å²) in [6.45, 7) is 5.35. The molecule has 0 radical (unpaired) electrons. The summed E-state index contributed by atoms with van der Waals surface area (Å²) in [6.07, 6.45) is 1.31. The number of carbonyl (C=O) groups is 1. The number of imidazole rings is 1. The molecule has 162 valence electrons. The Labute approximate surface area is 180 Å². The van der Waals surface area contributed by atoms with Crippen LogP contribution in [0.25, 0.3) is 11.0 Å². The summed E-state index contributed by atoms with van der Waals surface area (Å²) in [5.74, 6) is 0.837. The Hall–Kier alpha value is -3.42. The van der Waals surface area contributed by atoms with E-state index in [1.165, 1.54) is 6.07 Å². The van der Waals surface area contributed by atoms with Crippen LogP contribution in [-0.4, -0.2) is 33.9 Å². The van der Waals surface area contributed by atoms with Crippen molar-refractivity contribution in [2.45, 2.75) is 32.7 Å². The molecule has 8 nitrogen and oxygen atoms in total. The maximum Gasteiger partial charge on any atom is 0.292 e. The molecule has 1 atom stereocenters. The highest BCUT2D eigenvalue weighted by Gasteiger charge is 2.30. The zero-order valence-electron chi connectivity index (χ0n) is 17.7. The molecule has 0 saturated carbocycles. The van der Waals surface area contributed by atoms with Gasteiger partial charge in [-0.3, -0.25) is 14.9 Å². The number of benzene rings is 2. The van der Waals surface area contributed by atoms with Crippen molar-refractivity contribution in [2.24, 2.45) is 11.8 Å². The van der Waals surface area contributed by atoms with Crippen molar-refractivity contribution in [3.05, 3.63) is 64.5 Å². The maximum atomic E-state index is 13.0. The minimum Gasteiger partial charge on any atom is -0.366 e. The highest BCUT2D eigenvalue weighted by atomic mass is 16.6. The lowest BCUT2D eigenvalue weighted by Gasteiger charge is -2.33. The van der Waals surface area contributed by atoms with Crippen LogP contribution < -0.4 is 10.2 Å². The van der Waals surface area contributed by atoms with E-state index in [0.29, 0.717) is 31.6 Å². The molecule has 8 heteroatoms. The Kier molecular flexibility index (Phi) is 5.88. The smallest absolute Gasteiger partial charge is 0.292 e. The van der Waals surface area contributed by atoms with Gasteiger partial charge >= 0.3 is 0 Å². The molecule has 1 aromatic heterocycles. The fourth-order valence-corrected chi connectivity index (χ4v) is 4.21. The van der Waals surface area contributed by atoms with E-state index >= 15 is 0 Å². The predicted molar refractivity (Wildman–Crippen MR) is 120 cm³/mol. The Morgan fingerprint density at radius 2 is 1.84 bits per heavy atom. The van der Waals surface area contributed by atoms with Crippen LogP contribution in [0, 0.1) is 22.0 Å². The number of hydrogen-bond donors (Lipinski definition) is 2. The lowest BCUT2D eigenvalue weighted by molar-refractivity contribution is -0.384.